The maximum atomic E-state index is 12.5. The van der Waals surface area contributed by atoms with Gasteiger partial charge in [-0.25, -0.2) is 0 Å². The van der Waals surface area contributed by atoms with Crippen molar-refractivity contribution in [2.45, 2.75) is 6.42 Å². The number of carbonyl (C=O) groups is 1. The highest BCUT2D eigenvalue weighted by Gasteiger charge is 2.18. The summed E-state index contributed by atoms with van der Waals surface area (Å²) in [5, 5.41) is 6.38. The van der Waals surface area contributed by atoms with Crippen molar-refractivity contribution < 1.29 is 9.53 Å². The van der Waals surface area contributed by atoms with Gasteiger partial charge in [0.2, 0.25) is 0 Å². The Balaban J connectivity index is 2.28. The van der Waals surface area contributed by atoms with Crippen LogP contribution in [0.3, 0.4) is 0 Å². The molecule has 1 aliphatic heterocycles. The van der Waals surface area contributed by atoms with E-state index in [4.69, 9.17) is 4.74 Å². The van der Waals surface area contributed by atoms with Crippen molar-refractivity contribution in [3.63, 3.8) is 0 Å². The van der Waals surface area contributed by atoms with Crippen molar-refractivity contribution in [2.24, 2.45) is 0 Å². The second-order valence-electron chi connectivity index (χ2n) is 4.26. The SMILES string of the molecule is C=CCC(C(=O)c1ccc(OC)cc1)=C1NCCN1. The Bertz CT molecular complexity index is 495. The number of hydrogen-bond donors (Lipinski definition) is 2. The van der Waals surface area contributed by atoms with Crippen LogP contribution in [-0.4, -0.2) is 26.0 Å². The third-order valence-electron chi connectivity index (χ3n) is 3.01. The lowest BCUT2D eigenvalue weighted by Gasteiger charge is -2.10. The third kappa shape index (κ3) is 2.96. The monoisotopic (exact) mass is 258 g/mol. The first-order valence-corrected chi connectivity index (χ1v) is 6.27. The van der Waals surface area contributed by atoms with Gasteiger partial charge in [-0.2, -0.15) is 0 Å². The van der Waals surface area contributed by atoms with E-state index in [2.05, 4.69) is 17.2 Å². The summed E-state index contributed by atoms with van der Waals surface area (Å²) in [4.78, 5) is 12.5. The van der Waals surface area contributed by atoms with Crippen molar-refractivity contribution in [1.82, 2.24) is 10.6 Å². The van der Waals surface area contributed by atoms with Crippen LogP contribution in [0.4, 0.5) is 0 Å². The van der Waals surface area contributed by atoms with Crippen molar-refractivity contribution in [1.29, 1.82) is 0 Å². The van der Waals surface area contributed by atoms with Crippen molar-refractivity contribution in [3.05, 3.63) is 53.9 Å². The Labute approximate surface area is 113 Å². The molecule has 0 unspecified atom stereocenters. The fourth-order valence-electron chi connectivity index (χ4n) is 2.02. The van der Waals surface area contributed by atoms with Crippen LogP contribution in [-0.2, 0) is 0 Å². The van der Waals surface area contributed by atoms with Crippen LogP contribution in [0, 0.1) is 0 Å². The van der Waals surface area contributed by atoms with Crippen LogP contribution < -0.4 is 15.4 Å². The van der Waals surface area contributed by atoms with Crippen molar-refractivity contribution in [3.8, 4) is 5.75 Å². The van der Waals surface area contributed by atoms with E-state index in [1.165, 1.54) is 0 Å². The molecule has 0 aliphatic carbocycles. The number of rotatable bonds is 5. The molecule has 2 rings (SSSR count). The van der Waals surface area contributed by atoms with Gasteiger partial charge < -0.3 is 15.4 Å². The molecular formula is C15H18N2O2. The molecule has 1 aromatic rings. The maximum Gasteiger partial charge on any atom is 0.192 e. The molecular weight excluding hydrogens is 240 g/mol. The van der Waals surface area contributed by atoms with E-state index >= 15 is 0 Å². The smallest absolute Gasteiger partial charge is 0.192 e. The summed E-state index contributed by atoms with van der Waals surface area (Å²) < 4.78 is 5.09. The predicted molar refractivity (Wildman–Crippen MR) is 75.2 cm³/mol. The summed E-state index contributed by atoms with van der Waals surface area (Å²) >= 11 is 0. The summed E-state index contributed by atoms with van der Waals surface area (Å²) in [5.41, 5.74) is 1.37. The standard InChI is InChI=1S/C15H18N2O2/c1-3-4-13(15-16-9-10-17-15)14(18)11-5-7-12(19-2)8-6-11/h3,5-8,16-17H,1,4,9-10H2,2H3. The molecule has 1 heterocycles. The van der Waals surface area contributed by atoms with Gasteiger partial charge in [-0.3, -0.25) is 4.79 Å². The molecule has 19 heavy (non-hydrogen) atoms. The molecule has 0 spiro atoms. The highest BCUT2D eigenvalue weighted by atomic mass is 16.5. The summed E-state index contributed by atoms with van der Waals surface area (Å²) in [6.07, 6.45) is 2.28. The molecule has 2 N–H and O–H groups in total. The number of carbonyl (C=O) groups excluding carboxylic acids is 1. The largest absolute Gasteiger partial charge is 0.497 e. The average molecular weight is 258 g/mol. The molecule has 0 radical (unpaired) electrons. The fourth-order valence-corrected chi connectivity index (χ4v) is 2.02. The first-order valence-electron chi connectivity index (χ1n) is 6.27. The van der Waals surface area contributed by atoms with Gasteiger partial charge in [0.15, 0.2) is 5.78 Å². The normalized spacial score (nSPS) is 13.4. The highest BCUT2D eigenvalue weighted by molar-refractivity contribution is 6.09. The van der Waals surface area contributed by atoms with E-state index in [0.717, 1.165) is 30.2 Å². The van der Waals surface area contributed by atoms with Crippen LogP contribution in [0.1, 0.15) is 16.8 Å². The van der Waals surface area contributed by atoms with Gasteiger partial charge in [0.05, 0.1) is 7.11 Å². The number of ether oxygens (including phenoxy) is 1. The second kappa shape index (κ2) is 6.09. The minimum absolute atomic E-state index is 0.0134. The third-order valence-corrected chi connectivity index (χ3v) is 3.01. The predicted octanol–water partition coefficient (Wildman–Crippen LogP) is 1.86. The van der Waals surface area contributed by atoms with Gasteiger partial charge in [-0.05, 0) is 30.7 Å². The topological polar surface area (TPSA) is 50.4 Å². The molecule has 4 heteroatoms. The molecule has 1 fully saturated rings. The average Bonchev–Trinajstić information content (AvgIpc) is 2.98. The van der Waals surface area contributed by atoms with Gasteiger partial charge in [0.25, 0.3) is 0 Å². The first-order chi connectivity index (χ1) is 9.26. The van der Waals surface area contributed by atoms with Crippen LogP contribution in [0.5, 0.6) is 5.75 Å². The number of nitrogens with one attached hydrogen (secondary N) is 2. The molecule has 100 valence electrons. The van der Waals surface area contributed by atoms with E-state index in [0.29, 0.717) is 12.0 Å². The summed E-state index contributed by atoms with van der Waals surface area (Å²) in [6, 6.07) is 7.14. The lowest BCUT2D eigenvalue weighted by atomic mass is 10.0. The lowest BCUT2D eigenvalue weighted by Crippen LogP contribution is -2.18. The molecule has 0 aromatic heterocycles. The lowest BCUT2D eigenvalue weighted by molar-refractivity contribution is 0.103. The van der Waals surface area contributed by atoms with E-state index < -0.39 is 0 Å². The van der Waals surface area contributed by atoms with Gasteiger partial charge in [-0.15, -0.1) is 6.58 Å². The zero-order valence-corrected chi connectivity index (χ0v) is 11.0. The van der Waals surface area contributed by atoms with E-state index in [9.17, 15) is 4.79 Å². The summed E-state index contributed by atoms with van der Waals surface area (Å²) in [6.45, 7) is 5.39. The maximum absolute atomic E-state index is 12.5. The van der Waals surface area contributed by atoms with Crippen molar-refractivity contribution >= 4 is 5.78 Å². The Morgan fingerprint density at radius 2 is 1.95 bits per heavy atom. The Morgan fingerprint density at radius 3 is 2.47 bits per heavy atom. The summed E-state index contributed by atoms with van der Waals surface area (Å²) in [7, 11) is 1.61. The van der Waals surface area contributed by atoms with E-state index in [1.54, 1.807) is 37.5 Å². The summed E-state index contributed by atoms with van der Waals surface area (Å²) in [5.74, 6) is 1.58. The van der Waals surface area contributed by atoms with Crippen LogP contribution >= 0.6 is 0 Å². The van der Waals surface area contributed by atoms with E-state index in [1.807, 2.05) is 0 Å². The molecule has 1 aliphatic rings. The highest BCUT2D eigenvalue weighted by Crippen LogP contribution is 2.18. The Morgan fingerprint density at radius 1 is 1.32 bits per heavy atom. The molecule has 1 aromatic carbocycles. The zero-order valence-electron chi connectivity index (χ0n) is 11.0. The molecule has 0 atom stereocenters. The van der Waals surface area contributed by atoms with Crippen LogP contribution in [0.2, 0.25) is 0 Å². The van der Waals surface area contributed by atoms with Crippen molar-refractivity contribution in [2.75, 3.05) is 20.2 Å². The van der Waals surface area contributed by atoms with E-state index in [-0.39, 0.29) is 5.78 Å². The van der Waals surface area contributed by atoms with Crippen LogP contribution in [0.25, 0.3) is 0 Å². The van der Waals surface area contributed by atoms with Gasteiger partial charge in [-0.1, -0.05) is 6.08 Å². The molecule has 1 saturated heterocycles. The number of methoxy groups -OCH3 is 1. The number of ketones is 1. The zero-order chi connectivity index (χ0) is 13.7. The van der Waals surface area contributed by atoms with Gasteiger partial charge >= 0.3 is 0 Å². The molecule has 4 nitrogen and oxygen atoms in total. The fraction of sp³-hybridized carbons (Fsp3) is 0.267. The van der Waals surface area contributed by atoms with Gasteiger partial charge in [0, 0.05) is 24.2 Å². The Kier molecular flexibility index (Phi) is 4.23. The molecule has 0 amide bonds. The second-order valence-corrected chi connectivity index (χ2v) is 4.26. The van der Waals surface area contributed by atoms with Gasteiger partial charge in [0.1, 0.15) is 11.6 Å². The minimum atomic E-state index is 0.0134. The first kappa shape index (κ1) is 13.2. The van der Waals surface area contributed by atoms with Crippen LogP contribution in [0.15, 0.2) is 48.3 Å². The number of allylic oxidation sites excluding steroid dienone is 2. The Hall–Kier alpha value is -2.23. The number of hydrogen-bond acceptors (Lipinski definition) is 4. The molecule has 0 bridgehead atoms. The number of Topliss-reactive ketones (excluding diaryl/α,β-unsaturated/α-hetero) is 1. The minimum Gasteiger partial charge on any atom is -0.497 e. The number of benzene rings is 1. The quantitative estimate of drug-likeness (QED) is 0.481. The molecule has 0 saturated carbocycles.